The summed E-state index contributed by atoms with van der Waals surface area (Å²) in [4.78, 5) is 20.9. The van der Waals surface area contributed by atoms with Gasteiger partial charge in [0.2, 0.25) is 0 Å². The molecule has 1 N–H and O–H groups in total. The van der Waals surface area contributed by atoms with E-state index < -0.39 is 0 Å². The molecule has 0 spiro atoms. The summed E-state index contributed by atoms with van der Waals surface area (Å²) in [5.74, 6) is 0.614. The molecular weight excluding hydrogens is 226 g/mol. The molecule has 6 nitrogen and oxygen atoms in total. The number of azide groups is 1. The van der Waals surface area contributed by atoms with Crippen LogP contribution in [0.4, 0.5) is 0 Å². The summed E-state index contributed by atoms with van der Waals surface area (Å²) in [6.07, 6.45) is 1.76. The Labute approximate surface area is 97.1 Å². The first-order valence-corrected chi connectivity index (χ1v) is 5.98. The highest BCUT2D eigenvalue weighted by Gasteiger charge is 2.00. The maximum Gasteiger partial charge on any atom is 0.251 e. The van der Waals surface area contributed by atoms with Crippen LogP contribution >= 0.6 is 11.8 Å². The van der Waals surface area contributed by atoms with Crippen molar-refractivity contribution in [3.05, 3.63) is 32.6 Å². The standard InChI is InChI=1S/C9H13N5OS/c1-2-3-7-6-8(15)13-9(12-7)16-5-4-11-14-10/h6H,2-5H2,1H3,(H,12,13,15). The van der Waals surface area contributed by atoms with Crippen LogP contribution in [0.5, 0.6) is 0 Å². The lowest BCUT2D eigenvalue weighted by atomic mass is 10.2. The van der Waals surface area contributed by atoms with Crippen molar-refractivity contribution >= 4 is 11.8 Å². The monoisotopic (exact) mass is 239 g/mol. The minimum atomic E-state index is -0.135. The molecule has 0 aliphatic carbocycles. The molecule has 7 heteroatoms. The molecule has 0 aliphatic rings. The summed E-state index contributed by atoms with van der Waals surface area (Å²) in [6.45, 7) is 2.43. The number of hydrogen-bond donors (Lipinski definition) is 1. The highest BCUT2D eigenvalue weighted by molar-refractivity contribution is 7.99. The second-order valence-corrected chi connectivity index (χ2v) is 4.18. The molecule has 0 bridgehead atoms. The Balaban J connectivity index is 2.64. The lowest BCUT2D eigenvalue weighted by molar-refractivity contribution is 0.815. The van der Waals surface area contributed by atoms with Gasteiger partial charge in [0.15, 0.2) is 5.16 Å². The van der Waals surface area contributed by atoms with E-state index in [4.69, 9.17) is 5.53 Å². The minimum absolute atomic E-state index is 0.135. The third-order valence-electron chi connectivity index (χ3n) is 1.77. The average Bonchev–Trinajstić information content (AvgIpc) is 2.24. The van der Waals surface area contributed by atoms with Crippen LogP contribution in [0.3, 0.4) is 0 Å². The molecule has 1 aromatic heterocycles. The van der Waals surface area contributed by atoms with Crippen molar-refractivity contribution in [3.8, 4) is 0 Å². The van der Waals surface area contributed by atoms with E-state index in [-0.39, 0.29) is 5.56 Å². The normalized spacial score (nSPS) is 9.81. The van der Waals surface area contributed by atoms with Gasteiger partial charge in [0, 0.05) is 29.0 Å². The van der Waals surface area contributed by atoms with E-state index in [1.807, 2.05) is 6.92 Å². The molecule has 0 aromatic carbocycles. The molecule has 0 atom stereocenters. The Morgan fingerprint density at radius 1 is 1.69 bits per heavy atom. The topological polar surface area (TPSA) is 94.5 Å². The molecule has 16 heavy (non-hydrogen) atoms. The van der Waals surface area contributed by atoms with Gasteiger partial charge >= 0.3 is 0 Å². The molecule has 1 rings (SSSR count). The summed E-state index contributed by atoms with van der Waals surface area (Å²) in [6, 6.07) is 1.51. The number of aromatic nitrogens is 2. The molecule has 0 amide bonds. The largest absolute Gasteiger partial charge is 0.301 e. The fourth-order valence-corrected chi connectivity index (χ4v) is 1.88. The van der Waals surface area contributed by atoms with Crippen molar-refractivity contribution in [3.63, 3.8) is 0 Å². The lowest BCUT2D eigenvalue weighted by Crippen LogP contribution is -2.10. The Morgan fingerprint density at radius 2 is 2.50 bits per heavy atom. The van der Waals surface area contributed by atoms with E-state index in [1.165, 1.54) is 17.8 Å². The van der Waals surface area contributed by atoms with E-state index in [1.54, 1.807) is 0 Å². The third kappa shape index (κ3) is 4.37. The number of aryl methyl sites for hydroxylation is 1. The van der Waals surface area contributed by atoms with Crippen LogP contribution in [0.2, 0.25) is 0 Å². The highest BCUT2D eigenvalue weighted by atomic mass is 32.2. The van der Waals surface area contributed by atoms with Gasteiger partial charge in [-0.05, 0) is 12.0 Å². The quantitative estimate of drug-likeness (QED) is 0.206. The van der Waals surface area contributed by atoms with Gasteiger partial charge in [-0.3, -0.25) is 4.79 Å². The molecule has 0 saturated heterocycles. The molecule has 0 saturated carbocycles. The van der Waals surface area contributed by atoms with Crippen molar-refractivity contribution < 1.29 is 0 Å². The van der Waals surface area contributed by atoms with Crippen LogP contribution in [-0.4, -0.2) is 22.3 Å². The fourth-order valence-electron chi connectivity index (χ4n) is 1.16. The van der Waals surface area contributed by atoms with Crippen molar-refractivity contribution in [2.75, 3.05) is 12.3 Å². The van der Waals surface area contributed by atoms with E-state index in [9.17, 15) is 4.79 Å². The van der Waals surface area contributed by atoms with Crippen LogP contribution in [0, 0.1) is 0 Å². The zero-order chi connectivity index (χ0) is 11.8. The predicted molar refractivity (Wildman–Crippen MR) is 63.6 cm³/mol. The first-order valence-electron chi connectivity index (χ1n) is 5.00. The molecular formula is C9H13N5OS. The summed E-state index contributed by atoms with van der Waals surface area (Å²) in [7, 11) is 0. The van der Waals surface area contributed by atoms with Crippen LogP contribution < -0.4 is 5.56 Å². The van der Waals surface area contributed by atoms with Crippen LogP contribution in [0.25, 0.3) is 10.4 Å². The van der Waals surface area contributed by atoms with Gasteiger partial charge in [-0.1, -0.05) is 30.2 Å². The number of nitrogens with zero attached hydrogens (tertiary/aromatic N) is 4. The van der Waals surface area contributed by atoms with Gasteiger partial charge in [0.25, 0.3) is 5.56 Å². The van der Waals surface area contributed by atoms with Crippen molar-refractivity contribution in [1.82, 2.24) is 9.97 Å². The minimum Gasteiger partial charge on any atom is -0.301 e. The predicted octanol–water partition coefficient (Wildman–Crippen LogP) is 2.12. The number of nitrogens with one attached hydrogen (secondary N) is 1. The number of hydrogen-bond acceptors (Lipinski definition) is 4. The Kier molecular flexibility index (Phi) is 5.45. The fraction of sp³-hybridized carbons (Fsp3) is 0.556. The zero-order valence-corrected chi connectivity index (χ0v) is 9.83. The van der Waals surface area contributed by atoms with Crippen LogP contribution in [-0.2, 0) is 6.42 Å². The summed E-state index contributed by atoms with van der Waals surface area (Å²) in [5.41, 5.74) is 8.77. The van der Waals surface area contributed by atoms with Gasteiger partial charge in [-0.2, -0.15) is 0 Å². The lowest BCUT2D eigenvalue weighted by Gasteiger charge is -2.01. The number of aromatic amines is 1. The summed E-state index contributed by atoms with van der Waals surface area (Å²) in [5, 5.41) is 4.00. The average molecular weight is 239 g/mol. The van der Waals surface area contributed by atoms with E-state index in [0.29, 0.717) is 17.5 Å². The van der Waals surface area contributed by atoms with Gasteiger partial charge in [-0.25, -0.2) is 4.98 Å². The number of thioether (sulfide) groups is 1. The van der Waals surface area contributed by atoms with Crippen molar-refractivity contribution in [2.24, 2.45) is 5.11 Å². The maximum absolute atomic E-state index is 11.3. The highest BCUT2D eigenvalue weighted by Crippen LogP contribution is 2.11. The molecule has 0 radical (unpaired) electrons. The first kappa shape index (κ1) is 12.6. The molecule has 1 heterocycles. The Bertz CT molecular complexity index is 438. The Morgan fingerprint density at radius 3 is 3.19 bits per heavy atom. The second kappa shape index (κ2) is 6.92. The first-order chi connectivity index (χ1) is 7.76. The van der Waals surface area contributed by atoms with Crippen LogP contribution in [0.1, 0.15) is 19.0 Å². The number of H-pyrrole nitrogens is 1. The summed E-state index contributed by atoms with van der Waals surface area (Å²) >= 11 is 1.38. The van der Waals surface area contributed by atoms with Gasteiger partial charge < -0.3 is 4.98 Å². The van der Waals surface area contributed by atoms with E-state index in [0.717, 1.165) is 18.5 Å². The van der Waals surface area contributed by atoms with E-state index >= 15 is 0 Å². The summed E-state index contributed by atoms with van der Waals surface area (Å²) < 4.78 is 0. The van der Waals surface area contributed by atoms with Gasteiger partial charge in [0.05, 0.1) is 0 Å². The van der Waals surface area contributed by atoms with Gasteiger partial charge in [0.1, 0.15) is 0 Å². The van der Waals surface area contributed by atoms with Crippen molar-refractivity contribution in [2.45, 2.75) is 24.9 Å². The molecule has 86 valence electrons. The second-order valence-electron chi connectivity index (χ2n) is 3.09. The smallest absolute Gasteiger partial charge is 0.251 e. The molecule has 0 unspecified atom stereocenters. The Hall–Kier alpha value is -1.46. The maximum atomic E-state index is 11.3. The SMILES string of the molecule is CCCc1cc(=O)[nH]c(SCCN=[N+]=[N-])n1. The molecule has 0 aliphatic heterocycles. The zero-order valence-electron chi connectivity index (χ0n) is 9.01. The third-order valence-corrected chi connectivity index (χ3v) is 2.63. The van der Waals surface area contributed by atoms with Gasteiger partial charge in [-0.15, -0.1) is 0 Å². The molecule has 1 aromatic rings. The number of rotatable bonds is 6. The molecule has 0 fully saturated rings. The van der Waals surface area contributed by atoms with Crippen molar-refractivity contribution in [1.29, 1.82) is 0 Å². The van der Waals surface area contributed by atoms with Crippen LogP contribution in [0.15, 0.2) is 21.1 Å². The van der Waals surface area contributed by atoms with E-state index in [2.05, 4.69) is 20.0 Å².